The molecule has 15 heavy (non-hydrogen) atoms. The highest BCUT2D eigenvalue weighted by molar-refractivity contribution is 9.09. The van der Waals surface area contributed by atoms with Crippen LogP contribution in [-0.4, -0.2) is 53.8 Å². The first-order valence-electron chi connectivity index (χ1n) is 5.69. The van der Waals surface area contributed by atoms with Crippen LogP contribution >= 0.6 is 15.9 Å². The third-order valence-electron chi connectivity index (χ3n) is 3.62. The van der Waals surface area contributed by atoms with Crippen molar-refractivity contribution in [2.24, 2.45) is 5.41 Å². The molecule has 0 aromatic heterocycles. The maximum atomic E-state index is 11.2. The van der Waals surface area contributed by atoms with Crippen LogP contribution in [0.15, 0.2) is 0 Å². The Hall–Kier alpha value is -0.0900. The molecule has 2 rings (SSSR count). The van der Waals surface area contributed by atoms with Crippen LogP contribution in [-0.2, 0) is 4.79 Å². The summed E-state index contributed by atoms with van der Waals surface area (Å²) < 4.78 is 0. The van der Waals surface area contributed by atoms with Crippen molar-refractivity contribution in [3.63, 3.8) is 0 Å². The number of carbonyl (C=O) groups is 1. The van der Waals surface area contributed by atoms with E-state index in [-0.39, 0.29) is 5.91 Å². The Balaban J connectivity index is 1.76. The Labute approximate surface area is 99.9 Å². The van der Waals surface area contributed by atoms with Crippen LogP contribution in [0.3, 0.4) is 0 Å². The molecule has 2 aliphatic rings. The van der Waals surface area contributed by atoms with E-state index in [0.29, 0.717) is 5.41 Å². The Morgan fingerprint density at radius 2 is 1.87 bits per heavy atom. The molecule has 2 fully saturated rings. The first kappa shape index (κ1) is 11.4. The molecule has 0 unspecified atom stereocenters. The Morgan fingerprint density at radius 3 is 2.27 bits per heavy atom. The monoisotopic (exact) mass is 274 g/mol. The van der Waals surface area contributed by atoms with Crippen LogP contribution in [0.2, 0.25) is 0 Å². The van der Waals surface area contributed by atoms with Gasteiger partial charge in [-0.25, -0.2) is 0 Å². The lowest BCUT2D eigenvalue weighted by molar-refractivity contribution is -0.130. The molecule has 0 bridgehead atoms. The zero-order valence-corrected chi connectivity index (χ0v) is 10.9. The second kappa shape index (κ2) is 4.42. The summed E-state index contributed by atoms with van der Waals surface area (Å²) in [6.07, 6.45) is 2.73. The van der Waals surface area contributed by atoms with Crippen molar-refractivity contribution in [2.45, 2.75) is 19.8 Å². The topological polar surface area (TPSA) is 23.6 Å². The SMILES string of the molecule is CC(=O)N1CCN(CC2(CBr)CC2)CC1. The van der Waals surface area contributed by atoms with Crippen molar-refractivity contribution in [2.75, 3.05) is 38.1 Å². The maximum absolute atomic E-state index is 11.2. The normalized spacial score (nSPS) is 25.3. The van der Waals surface area contributed by atoms with Crippen molar-refractivity contribution < 1.29 is 4.79 Å². The number of rotatable bonds is 3. The largest absolute Gasteiger partial charge is 0.340 e. The van der Waals surface area contributed by atoms with Gasteiger partial charge in [-0.1, -0.05) is 15.9 Å². The molecule has 0 spiro atoms. The van der Waals surface area contributed by atoms with E-state index < -0.39 is 0 Å². The third-order valence-corrected chi connectivity index (χ3v) is 4.81. The molecule has 1 saturated heterocycles. The van der Waals surface area contributed by atoms with Gasteiger partial charge in [0, 0.05) is 45.0 Å². The minimum atomic E-state index is 0.219. The van der Waals surface area contributed by atoms with E-state index in [1.165, 1.54) is 19.4 Å². The minimum Gasteiger partial charge on any atom is -0.340 e. The van der Waals surface area contributed by atoms with Crippen LogP contribution in [0.5, 0.6) is 0 Å². The molecule has 0 atom stereocenters. The average molecular weight is 275 g/mol. The highest BCUT2D eigenvalue weighted by Crippen LogP contribution is 2.47. The number of carbonyl (C=O) groups excluding carboxylic acids is 1. The number of nitrogens with zero attached hydrogens (tertiary/aromatic N) is 2. The number of amides is 1. The van der Waals surface area contributed by atoms with Crippen LogP contribution in [0, 0.1) is 5.41 Å². The van der Waals surface area contributed by atoms with Crippen LogP contribution < -0.4 is 0 Å². The molecule has 86 valence electrons. The van der Waals surface area contributed by atoms with Gasteiger partial charge in [-0.05, 0) is 18.3 Å². The quantitative estimate of drug-likeness (QED) is 0.725. The van der Waals surface area contributed by atoms with E-state index in [2.05, 4.69) is 20.8 Å². The Morgan fingerprint density at radius 1 is 1.27 bits per heavy atom. The molecule has 3 nitrogen and oxygen atoms in total. The minimum absolute atomic E-state index is 0.219. The molecule has 0 aromatic rings. The van der Waals surface area contributed by atoms with Gasteiger partial charge >= 0.3 is 0 Å². The molecule has 1 saturated carbocycles. The van der Waals surface area contributed by atoms with Gasteiger partial charge in [-0.2, -0.15) is 0 Å². The lowest BCUT2D eigenvalue weighted by atomic mass is 10.1. The predicted octanol–water partition coefficient (Wildman–Crippen LogP) is 1.33. The predicted molar refractivity (Wildman–Crippen MR) is 64.2 cm³/mol. The standard InChI is InChI=1S/C11H19BrN2O/c1-10(15)14-6-4-13(5-7-14)9-11(8-12)2-3-11/h2-9H2,1H3. The van der Waals surface area contributed by atoms with E-state index in [1.807, 2.05) is 4.90 Å². The van der Waals surface area contributed by atoms with E-state index in [1.54, 1.807) is 6.92 Å². The molecule has 1 aliphatic heterocycles. The first-order valence-corrected chi connectivity index (χ1v) is 6.81. The third kappa shape index (κ3) is 2.72. The average Bonchev–Trinajstić information content (AvgIpc) is 2.99. The van der Waals surface area contributed by atoms with Crippen molar-refractivity contribution in [1.82, 2.24) is 9.80 Å². The van der Waals surface area contributed by atoms with Gasteiger partial charge in [0.05, 0.1) is 0 Å². The summed E-state index contributed by atoms with van der Waals surface area (Å²) in [7, 11) is 0. The van der Waals surface area contributed by atoms with E-state index in [9.17, 15) is 4.79 Å². The summed E-state index contributed by atoms with van der Waals surface area (Å²) in [5.41, 5.74) is 0.568. The van der Waals surface area contributed by atoms with E-state index >= 15 is 0 Å². The fraction of sp³-hybridized carbons (Fsp3) is 0.909. The number of alkyl halides is 1. The fourth-order valence-corrected chi connectivity index (χ4v) is 2.94. The zero-order valence-electron chi connectivity index (χ0n) is 9.34. The van der Waals surface area contributed by atoms with Crippen molar-refractivity contribution >= 4 is 21.8 Å². The molecule has 0 N–H and O–H groups in total. The summed E-state index contributed by atoms with van der Waals surface area (Å²) >= 11 is 3.60. The summed E-state index contributed by atoms with van der Waals surface area (Å²) in [4.78, 5) is 15.6. The molecule has 1 heterocycles. The number of halogens is 1. The molecule has 0 aromatic carbocycles. The maximum Gasteiger partial charge on any atom is 0.219 e. The van der Waals surface area contributed by atoms with Gasteiger partial charge in [0.25, 0.3) is 0 Å². The highest BCUT2D eigenvalue weighted by Gasteiger charge is 2.43. The van der Waals surface area contributed by atoms with Crippen LogP contribution in [0.4, 0.5) is 0 Å². The van der Waals surface area contributed by atoms with Crippen LogP contribution in [0.25, 0.3) is 0 Å². The smallest absolute Gasteiger partial charge is 0.219 e. The fourth-order valence-electron chi connectivity index (χ4n) is 2.21. The van der Waals surface area contributed by atoms with Gasteiger partial charge < -0.3 is 4.90 Å². The molecule has 1 aliphatic carbocycles. The molecular weight excluding hydrogens is 256 g/mol. The van der Waals surface area contributed by atoms with Crippen molar-refractivity contribution in [3.8, 4) is 0 Å². The Kier molecular flexibility index (Phi) is 3.36. The molecule has 1 amide bonds. The molecule has 0 radical (unpaired) electrons. The second-order valence-corrected chi connectivity index (χ2v) is 5.48. The Bertz CT molecular complexity index is 245. The summed E-state index contributed by atoms with van der Waals surface area (Å²) in [6.45, 7) is 6.80. The zero-order chi connectivity index (χ0) is 10.9. The number of hydrogen-bond donors (Lipinski definition) is 0. The molecular formula is C11H19BrN2O. The van der Waals surface area contributed by atoms with E-state index in [4.69, 9.17) is 0 Å². The summed E-state index contributed by atoms with van der Waals surface area (Å²) in [5.74, 6) is 0.219. The first-order chi connectivity index (χ1) is 7.15. The lowest BCUT2D eigenvalue weighted by Crippen LogP contribution is -2.49. The van der Waals surface area contributed by atoms with Crippen LogP contribution in [0.1, 0.15) is 19.8 Å². The molecule has 4 heteroatoms. The van der Waals surface area contributed by atoms with Gasteiger partial charge in [-0.15, -0.1) is 0 Å². The van der Waals surface area contributed by atoms with Gasteiger partial charge in [0.15, 0.2) is 0 Å². The highest BCUT2D eigenvalue weighted by atomic mass is 79.9. The van der Waals surface area contributed by atoms with Gasteiger partial charge in [0.2, 0.25) is 5.91 Å². The number of hydrogen-bond acceptors (Lipinski definition) is 2. The van der Waals surface area contributed by atoms with Gasteiger partial charge in [-0.3, -0.25) is 9.69 Å². The second-order valence-electron chi connectivity index (χ2n) is 4.92. The van der Waals surface area contributed by atoms with Crippen molar-refractivity contribution in [3.05, 3.63) is 0 Å². The number of piperazine rings is 1. The van der Waals surface area contributed by atoms with Crippen molar-refractivity contribution in [1.29, 1.82) is 0 Å². The van der Waals surface area contributed by atoms with Gasteiger partial charge in [0.1, 0.15) is 0 Å². The summed E-state index contributed by atoms with van der Waals surface area (Å²) in [6, 6.07) is 0. The lowest BCUT2D eigenvalue weighted by Gasteiger charge is -2.35. The summed E-state index contributed by atoms with van der Waals surface area (Å²) in [5, 5.41) is 1.13. The van der Waals surface area contributed by atoms with E-state index in [0.717, 1.165) is 31.5 Å².